The van der Waals surface area contributed by atoms with Gasteiger partial charge in [0.1, 0.15) is 11.9 Å². The molecule has 0 aliphatic heterocycles. The second-order valence-corrected chi connectivity index (χ2v) is 8.96. The molecule has 1 atom stereocenters. The van der Waals surface area contributed by atoms with Crippen molar-refractivity contribution in [3.63, 3.8) is 0 Å². The summed E-state index contributed by atoms with van der Waals surface area (Å²) in [6, 6.07) is 10.3. The van der Waals surface area contributed by atoms with E-state index in [-0.39, 0.29) is 29.3 Å². The predicted molar refractivity (Wildman–Crippen MR) is 120 cm³/mol. The van der Waals surface area contributed by atoms with Crippen LogP contribution >= 0.6 is 0 Å². The standard InChI is InChI=1S/C22H28FN3O4S/c1-4-6-15-24-21(27)18-9-7-8-10-19(18)25-22(28)20(5-2)26(31(3,29)30)17-13-11-16(23)12-14-17/h7-14,20H,4-6,15H2,1-3H3,(H,24,27)(H,25,28)/t20-/m1/s1. The van der Waals surface area contributed by atoms with Crippen molar-refractivity contribution in [2.24, 2.45) is 0 Å². The number of anilines is 2. The van der Waals surface area contributed by atoms with Crippen molar-refractivity contribution < 1.29 is 22.4 Å². The largest absolute Gasteiger partial charge is 0.352 e. The molecule has 2 rings (SSSR count). The number of nitrogens with one attached hydrogen (secondary N) is 2. The summed E-state index contributed by atoms with van der Waals surface area (Å²) in [5.41, 5.74) is 0.749. The molecular formula is C22H28FN3O4S. The van der Waals surface area contributed by atoms with Gasteiger partial charge in [0.15, 0.2) is 0 Å². The van der Waals surface area contributed by atoms with Crippen LogP contribution in [-0.2, 0) is 14.8 Å². The minimum atomic E-state index is -3.85. The van der Waals surface area contributed by atoms with E-state index in [0.29, 0.717) is 6.54 Å². The number of amides is 2. The average Bonchev–Trinajstić information content (AvgIpc) is 2.72. The summed E-state index contributed by atoms with van der Waals surface area (Å²) < 4.78 is 39.3. The maximum absolute atomic E-state index is 13.3. The van der Waals surface area contributed by atoms with Crippen LogP contribution in [0.4, 0.5) is 15.8 Å². The lowest BCUT2D eigenvalue weighted by Crippen LogP contribution is -2.47. The van der Waals surface area contributed by atoms with Gasteiger partial charge in [-0.2, -0.15) is 0 Å². The van der Waals surface area contributed by atoms with Crippen LogP contribution in [0, 0.1) is 5.82 Å². The molecule has 0 fully saturated rings. The lowest BCUT2D eigenvalue weighted by molar-refractivity contribution is -0.117. The minimum absolute atomic E-state index is 0.168. The normalized spacial score (nSPS) is 12.1. The average molecular weight is 450 g/mol. The van der Waals surface area contributed by atoms with Crippen LogP contribution in [0.2, 0.25) is 0 Å². The molecule has 0 unspecified atom stereocenters. The summed E-state index contributed by atoms with van der Waals surface area (Å²) in [4.78, 5) is 25.6. The lowest BCUT2D eigenvalue weighted by atomic mass is 10.1. The molecule has 0 radical (unpaired) electrons. The second kappa shape index (κ2) is 10.9. The molecule has 2 aromatic rings. The van der Waals surface area contributed by atoms with Gasteiger partial charge in [-0.05, 0) is 49.2 Å². The van der Waals surface area contributed by atoms with Crippen molar-refractivity contribution in [2.45, 2.75) is 39.2 Å². The van der Waals surface area contributed by atoms with Crippen molar-refractivity contribution >= 4 is 33.2 Å². The molecule has 9 heteroatoms. The molecule has 0 aromatic heterocycles. The van der Waals surface area contributed by atoms with Crippen molar-refractivity contribution in [3.05, 3.63) is 59.9 Å². The summed E-state index contributed by atoms with van der Waals surface area (Å²) in [5, 5.41) is 5.49. The molecule has 168 valence electrons. The molecule has 2 amide bonds. The van der Waals surface area contributed by atoms with Crippen LogP contribution in [0.5, 0.6) is 0 Å². The monoisotopic (exact) mass is 449 g/mol. The van der Waals surface area contributed by atoms with Gasteiger partial charge in [-0.25, -0.2) is 12.8 Å². The highest BCUT2D eigenvalue weighted by molar-refractivity contribution is 7.92. The summed E-state index contributed by atoms with van der Waals surface area (Å²) in [5.74, 6) is -1.43. The Morgan fingerprint density at radius 3 is 2.29 bits per heavy atom. The number of rotatable bonds is 10. The summed E-state index contributed by atoms with van der Waals surface area (Å²) in [6.07, 6.45) is 2.92. The number of unbranched alkanes of at least 4 members (excludes halogenated alkanes) is 1. The molecule has 31 heavy (non-hydrogen) atoms. The molecule has 0 aliphatic rings. The summed E-state index contributed by atoms with van der Waals surface area (Å²) in [7, 11) is -3.85. The third-order valence-corrected chi connectivity index (χ3v) is 5.84. The number of carbonyl (C=O) groups excluding carboxylic acids is 2. The van der Waals surface area contributed by atoms with Crippen LogP contribution < -0.4 is 14.9 Å². The molecule has 0 aliphatic carbocycles. The number of sulfonamides is 1. The first-order valence-electron chi connectivity index (χ1n) is 10.1. The summed E-state index contributed by atoms with van der Waals surface area (Å²) in [6.45, 7) is 4.21. The fraction of sp³-hybridized carbons (Fsp3) is 0.364. The number of hydrogen-bond acceptors (Lipinski definition) is 4. The third-order valence-electron chi connectivity index (χ3n) is 4.66. The van der Waals surface area contributed by atoms with Gasteiger partial charge in [0.25, 0.3) is 5.91 Å². The van der Waals surface area contributed by atoms with Crippen LogP contribution in [0.15, 0.2) is 48.5 Å². The SMILES string of the molecule is CCCCNC(=O)c1ccccc1NC(=O)[C@@H](CC)N(c1ccc(F)cc1)S(C)(=O)=O. The smallest absolute Gasteiger partial charge is 0.253 e. The van der Waals surface area contributed by atoms with E-state index in [1.807, 2.05) is 6.92 Å². The number of hydrogen-bond donors (Lipinski definition) is 2. The Bertz CT molecular complexity index is 1010. The zero-order valence-corrected chi connectivity index (χ0v) is 18.7. The molecule has 0 heterocycles. The van der Waals surface area contributed by atoms with Gasteiger partial charge in [-0.3, -0.25) is 13.9 Å². The fourth-order valence-electron chi connectivity index (χ4n) is 3.13. The van der Waals surface area contributed by atoms with Crippen LogP contribution in [0.3, 0.4) is 0 Å². The predicted octanol–water partition coefficient (Wildman–Crippen LogP) is 3.54. The highest BCUT2D eigenvalue weighted by Gasteiger charge is 2.32. The van der Waals surface area contributed by atoms with Gasteiger partial charge in [0.2, 0.25) is 15.9 Å². The van der Waals surface area contributed by atoms with E-state index in [0.717, 1.165) is 35.5 Å². The quantitative estimate of drug-likeness (QED) is 0.543. The lowest BCUT2D eigenvalue weighted by Gasteiger charge is -2.30. The van der Waals surface area contributed by atoms with Gasteiger partial charge >= 0.3 is 0 Å². The van der Waals surface area contributed by atoms with Crippen molar-refractivity contribution in [1.82, 2.24) is 5.32 Å². The number of carbonyl (C=O) groups is 2. The van der Waals surface area contributed by atoms with Gasteiger partial charge in [-0.15, -0.1) is 0 Å². The van der Waals surface area contributed by atoms with E-state index in [1.54, 1.807) is 31.2 Å². The third kappa shape index (κ3) is 6.52. The molecule has 7 nitrogen and oxygen atoms in total. The first kappa shape index (κ1) is 24.3. The summed E-state index contributed by atoms with van der Waals surface area (Å²) >= 11 is 0. The Kier molecular flexibility index (Phi) is 8.56. The molecule has 0 spiro atoms. The van der Waals surface area contributed by atoms with Crippen molar-refractivity contribution in [3.8, 4) is 0 Å². The number of para-hydroxylation sites is 1. The van der Waals surface area contributed by atoms with E-state index in [1.165, 1.54) is 12.1 Å². The fourth-order valence-corrected chi connectivity index (χ4v) is 4.34. The maximum Gasteiger partial charge on any atom is 0.253 e. The molecule has 2 N–H and O–H groups in total. The van der Waals surface area contributed by atoms with Crippen molar-refractivity contribution in [1.29, 1.82) is 0 Å². The van der Waals surface area contributed by atoms with Crippen LogP contribution in [0.25, 0.3) is 0 Å². The van der Waals surface area contributed by atoms with E-state index in [9.17, 15) is 22.4 Å². The Morgan fingerprint density at radius 1 is 1.06 bits per heavy atom. The molecule has 0 saturated carbocycles. The number of halogens is 1. The Morgan fingerprint density at radius 2 is 1.71 bits per heavy atom. The van der Waals surface area contributed by atoms with E-state index in [2.05, 4.69) is 10.6 Å². The Hall–Kier alpha value is -2.94. The molecular weight excluding hydrogens is 421 g/mol. The topological polar surface area (TPSA) is 95.6 Å². The zero-order valence-electron chi connectivity index (χ0n) is 17.9. The van der Waals surface area contributed by atoms with Crippen LogP contribution in [0.1, 0.15) is 43.5 Å². The van der Waals surface area contributed by atoms with Gasteiger partial charge < -0.3 is 10.6 Å². The minimum Gasteiger partial charge on any atom is -0.352 e. The molecule has 0 bridgehead atoms. The number of benzene rings is 2. The molecule has 0 saturated heterocycles. The second-order valence-electron chi connectivity index (χ2n) is 7.10. The first-order valence-corrected chi connectivity index (χ1v) is 12.0. The highest BCUT2D eigenvalue weighted by atomic mass is 32.2. The van der Waals surface area contributed by atoms with E-state index < -0.39 is 27.8 Å². The zero-order chi connectivity index (χ0) is 23.0. The van der Waals surface area contributed by atoms with Gasteiger partial charge in [0, 0.05) is 6.54 Å². The van der Waals surface area contributed by atoms with Gasteiger partial charge in [-0.1, -0.05) is 32.4 Å². The highest BCUT2D eigenvalue weighted by Crippen LogP contribution is 2.24. The van der Waals surface area contributed by atoms with Gasteiger partial charge in [0.05, 0.1) is 23.2 Å². The molecule has 2 aromatic carbocycles. The first-order chi connectivity index (χ1) is 14.7. The van der Waals surface area contributed by atoms with E-state index in [4.69, 9.17) is 0 Å². The van der Waals surface area contributed by atoms with E-state index >= 15 is 0 Å². The Labute approximate surface area is 182 Å². The number of nitrogens with zero attached hydrogens (tertiary/aromatic N) is 1. The van der Waals surface area contributed by atoms with Crippen molar-refractivity contribution in [2.75, 3.05) is 22.4 Å². The Balaban J connectivity index is 2.32. The maximum atomic E-state index is 13.3. The van der Waals surface area contributed by atoms with Crippen LogP contribution in [-0.4, -0.2) is 39.1 Å².